The first-order chi connectivity index (χ1) is 6.13. The van der Waals surface area contributed by atoms with E-state index in [1.54, 1.807) is 0 Å². The van der Waals surface area contributed by atoms with Crippen molar-refractivity contribution in [2.75, 3.05) is 7.11 Å². The van der Waals surface area contributed by atoms with Crippen molar-refractivity contribution in [3.05, 3.63) is 23.8 Å². The molecule has 1 N–H and O–H groups in total. The molecule has 0 radical (unpaired) electrons. The van der Waals surface area contributed by atoms with Crippen molar-refractivity contribution in [2.45, 2.75) is 6.42 Å². The molecule has 0 bridgehead atoms. The fourth-order valence-electron chi connectivity index (χ4n) is 0.927. The van der Waals surface area contributed by atoms with Crippen LogP contribution >= 0.6 is 0 Å². The maximum atomic E-state index is 12.5. The molecule has 5 heteroatoms. The van der Waals surface area contributed by atoms with E-state index in [0.717, 1.165) is 12.3 Å². The van der Waals surface area contributed by atoms with Gasteiger partial charge >= 0.3 is 5.97 Å². The molecule has 0 atom stereocenters. The summed E-state index contributed by atoms with van der Waals surface area (Å²) in [5, 5.41) is 8.48. The Hall–Kier alpha value is -1.65. The van der Waals surface area contributed by atoms with Crippen LogP contribution in [0.4, 0.5) is 4.39 Å². The number of aliphatic carboxylic acids is 1. The molecule has 1 aromatic rings. The monoisotopic (exact) mass is 185 g/mol. The number of hydrogen-bond acceptors (Lipinski definition) is 3. The molecule has 0 saturated heterocycles. The van der Waals surface area contributed by atoms with E-state index in [1.807, 2.05) is 0 Å². The van der Waals surface area contributed by atoms with Crippen molar-refractivity contribution in [1.82, 2.24) is 4.98 Å². The van der Waals surface area contributed by atoms with Crippen molar-refractivity contribution in [2.24, 2.45) is 0 Å². The zero-order valence-electron chi connectivity index (χ0n) is 6.95. The maximum absolute atomic E-state index is 12.5. The summed E-state index contributed by atoms with van der Waals surface area (Å²) < 4.78 is 17.3. The number of methoxy groups -OCH3 is 1. The molecule has 0 amide bonds. The van der Waals surface area contributed by atoms with Crippen molar-refractivity contribution in [3.8, 4) is 5.75 Å². The second-order valence-corrected chi connectivity index (χ2v) is 2.39. The Balaban J connectivity index is 2.99. The summed E-state index contributed by atoms with van der Waals surface area (Å²) in [4.78, 5) is 13.7. The molecular formula is C8H8FNO3. The van der Waals surface area contributed by atoms with Gasteiger partial charge in [0.05, 0.1) is 13.5 Å². The normalized spacial score (nSPS) is 9.69. The van der Waals surface area contributed by atoms with Crippen LogP contribution in [0, 0.1) is 5.95 Å². The average Bonchev–Trinajstić information content (AvgIpc) is 2.07. The third-order valence-corrected chi connectivity index (χ3v) is 1.47. The van der Waals surface area contributed by atoms with Crippen LogP contribution in [-0.2, 0) is 11.2 Å². The zero-order chi connectivity index (χ0) is 9.84. The van der Waals surface area contributed by atoms with Crippen molar-refractivity contribution < 1.29 is 19.0 Å². The molecule has 0 aliphatic carbocycles. The number of ether oxygens (including phenoxy) is 1. The maximum Gasteiger partial charge on any atom is 0.308 e. The van der Waals surface area contributed by atoms with E-state index in [2.05, 4.69) is 4.98 Å². The number of aromatic nitrogens is 1. The molecule has 0 fully saturated rings. The highest BCUT2D eigenvalue weighted by Crippen LogP contribution is 2.17. The van der Waals surface area contributed by atoms with Gasteiger partial charge in [-0.2, -0.15) is 4.39 Å². The number of carboxylic acid groups (broad SMARTS) is 1. The highest BCUT2D eigenvalue weighted by atomic mass is 19.1. The van der Waals surface area contributed by atoms with Gasteiger partial charge in [0, 0.05) is 17.8 Å². The largest absolute Gasteiger partial charge is 0.496 e. The molecule has 70 valence electrons. The van der Waals surface area contributed by atoms with E-state index >= 15 is 0 Å². The van der Waals surface area contributed by atoms with E-state index in [4.69, 9.17) is 9.84 Å². The van der Waals surface area contributed by atoms with Gasteiger partial charge in [-0.3, -0.25) is 4.79 Å². The summed E-state index contributed by atoms with van der Waals surface area (Å²) in [6, 6.07) is 1.05. The molecule has 0 aromatic carbocycles. The summed E-state index contributed by atoms with van der Waals surface area (Å²) >= 11 is 0. The van der Waals surface area contributed by atoms with Gasteiger partial charge in [0.15, 0.2) is 0 Å². The lowest BCUT2D eigenvalue weighted by Crippen LogP contribution is -2.03. The molecule has 1 aromatic heterocycles. The molecular weight excluding hydrogens is 177 g/mol. The van der Waals surface area contributed by atoms with Gasteiger partial charge in [-0.15, -0.1) is 0 Å². The molecule has 1 heterocycles. The Labute approximate surface area is 74.0 Å². The third kappa shape index (κ3) is 2.40. The van der Waals surface area contributed by atoms with Crippen molar-refractivity contribution >= 4 is 5.97 Å². The summed E-state index contributed by atoms with van der Waals surface area (Å²) in [5.74, 6) is -1.49. The fraction of sp³-hybridized carbons (Fsp3) is 0.250. The summed E-state index contributed by atoms with van der Waals surface area (Å²) in [6.45, 7) is 0. The Morgan fingerprint density at radius 2 is 2.46 bits per heavy atom. The van der Waals surface area contributed by atoms with Crippen LogP contribution in [0.2, 0.25) is 0 Å². The van der Waals surface area contributed by atoms with Gasteiger partial charge in [-0.05, 0) is 0 Å². The van der Waals surface area contributed by atoms with E-state index in [-0.39, 0.29) is 12.2 Å². The zero-order valence-corrected chi connectivity index (χ0v) is 6.95. The van der Waals surface area contributed by atoms with Crippen LogP contribution in [0.15, 0.2) is 12.3 Å². The summed E-state index contributed by atoms with van der Waals surface area (Å²) in [5.41, 5.74) is 0.358. The van der Waals surface area contributed by atoms with Crippen LogP contribution in [0.5, 0.6) is 5.75 Å². The molecule has 1 rings (SSSR count). The summed E-state index contributed by atoms with van der Waals surface area (Å²) in [6.07, 6.45) is 0.929. The Morgan fingerprint density at radius 3 is 3.00 bits per heavy atom. The minimum atomic E-state index is -1.01. The Morgan fingerprint density at radius 1 is 1.77 bits per heavy atom. The van der Waals surface area contributed by atoms with Crippen molar-refractivity contribution in [3.63, 3.8) is 0 Å². The quantitative estimate of drug-likeness (QED) is 0.709. The van der Waals surface area contributed by atoms with Crippen LogP contribution < -0.4 is 4.74 Å². The van der Waals surface area contributed by atoms with E-state index < -0.39 is 11.9 Å². The highest BCUT2D eigenvalue weighted by Gasteiger charge is 2.08. The fourth-order valence-corrected chi connectivity index (χ4v) is 0.927. The van der Waals surface area contributed by atoms with E-state index in [1.165, 1.54) is 7.11 Å². The average molecular weight is 185 g/mol. The minimum absolute atomic E-state index is 0.204. The lowest BCUT2D eigenvalue weighted by Gasteiger charge is -2.04. The predicted octanol–water partition coefficient (Wildman–Crippen LogP) is 0.856. The number of carbonyl (C=O) groups is 1. The van der Waals surface area contributed by atoms with Crippen LogP contribution in [0.1, 0.15) is 5.56 Å². The first-order valence-electron chi connectivity index (χ1n) is 3.53. The number of nitrogens with zero attached hydrogens (tertiary/aromatic N) is 1. The molecule has 0 saturated carbocycles. The highest BCUT2D eigenvalue weighted by molar-refractivity contribution is 5.71. The third-order valence-electron chi connectivity index (χ3n) is 1.47. The lowest BCUT2D eigenvalue weighted by molar-refractivity contribution is -0.136. The number of hydrogen-bond donors (Lipinski definition) is 1. The molecule has 0 aliphatic rings. The Kier molecular flexibility index (Phi) is 2.79. The Bertz CT molecular complexity index is 327. The van der Waals surface area contributed by atoms with Gasteiger partial charge in [-0.25, -0.2) is 4.98 Å². The van der Waals surface area contributed by atoms with Crippen LogP contribution in [0.3, 0.4) is 0 Å². The van der Waals surface area contributed by atoms with Gasteiger partial charge in [-0.1, -0.05) is 0 Å². The smallest absolute Gasteiger partial charge is 0.308 e. The van der Waals surface area contributed by atoms with Gasteiger partial charge < -0.3 is 9.84 Å². The second-order valence-electron chi connectivity index (χ2n) is 2.39. The van der Waals surface area contributed by atoms with Gasteiger partial charge in [0.1, 0.15) is 5.75 Å². The number of carboxylic acids is 1. The van der Waals surface area contributed by atoms with Crippen molar-refractivity contribution in [1.29, 1.82) is 0 Å². The molecule has 0 unspecified atom stereocenters. The van der Waals surface area contributed by atoms with Crippen LogP contribution in [0.25, 0.3) is 0 Å². The SMILES string of the molecule is COc1cc(F)ncc1CC(=O)O. The van der Waals surface area contributed by atoms with E-state index in [9.17, 15) is 9.18 Å². The van der Waals surface area contributed by atoms with Gasteiger partial charge in [0.25, 0.3) is 0 Å². The molecule has 4 nitrogen and oxygen atoms in total. The first-order valence-corrected chi connectivity index (χ1v) is 3.53. The van der Waals surface area contributed by atoms with E-state index in [0.29, 0.717) is 5.56 Å². The lowest BCUT2D eigenvalue weighted by atomic mass is 10.2. The molecule has 0 spiro atoms. The van der Waals surface area contributed by atoms with Crippen LogP contribution in [-0.4, -0.2) is 23.2 Å². The number of rotatable bonds is 3. The summed E-state index contributed by atoms with van der Waals surface area (Å²) in [7, 11) is 1.35. The topological polar surface area (TPSA) is 59.4 Å². The number of pyridine rings is 1. The molecule has 0 aliphatic heterocycles. The predicted molar refractivity (Wildman–Crippen MR) is 42.1 cm³/mol. The van der Waals surface area contributed by atoms with Gasteiger partial charge in [0.2, 0.25) is 5.95 Å². The minimum Gasteiger partial charge on any atom is -0.496 e. The standard InChI is InChI=1S/C8H8FNO3/c1-13-6-3-7(9)10-4-5(6)2-8(11)12/h3-4H,2H2,1H3,(H,11,12). The first kappa shape index (κ1) is 9.44. The molecule has 13 heavy (non-hydrogen) atoms. The second kappa shape index (κ2) is 3.84. The number of halogens is 1.